The van der Waals surface area contributed by atoms with Crippen molar-refractivity contribution in [3.8, 4) is 11.5 Å². The highest BCUT2D eigenvalue weighted by atomic mass is 31.2. The van der Waals surface area contributed by atoms with Crippen molar-refractivity contribution >= 4 is 26.8 Å². The molecule has 0 saturated heterocycles. The third-order valence-electron chi connectivity index (χ3n) is 5.43. The van der Waals surface area contributed by atoms with Gasteiger partial charge in [0, 0.05) is 11.1 Å². The maximum atomic E-state index is 12.7. The van der Waals surface area contributed by atoms with E-state index in [4.69, 9.17) is 27.6 Å². The number of hydrogen-bond acceptors (Lipinski definition) is 10. The summed E-state index contributed by atoms with van der Waals surface area (Å²) in [6.07, 6.45) is 1.43. The van der Waals surface area contributed by atoms with Crippen molar-refractivity contribution in [2.75, 3.05) is 52.0 Å². The van der Waals surface area contributed by atoms with E-state index < -0.39 is 26.8 Å². The highest BCUT2D eigenvalue weighted by Crippen LogP contribution is 2.49. The lowest BCUT2D eigenvalue weighted by atomic mass is 10.0. The number of ether oxygens (including phenoxy) is 2. The van der Waals surface area contributed by atoms with Crippen LogP contribution in [0, 0.1) is 0 Å². The maximum absolute atomic E-state index is 12.7. The van der Waals surface area contributed by atoms with Gasteiger partial charge >= 0.3 is 15.2 Å². The SMILES string of the molecule is CCOP(=O)(CCCOc1ccc(C(=O)C(=O)c2ccc(OCCCP(=O)(OCC)OCC)cc2)cc1)OCC. The van der Waals surface area contributed by atoms with Crippen molar-refractivity contribution in [2.45, 2.75) is 40.5 Å². The first kappa shape index (κ1) is 33.9. The number of Topliss-reactive ketones (excluding diaryl/α,β-unsaturated/α-hetero) is 2. The van der Waals surface area contributed by atoms with Gasteiger partial charge in [0.2, 0.25) is 11.6 Å². The second kappa shape index (κ2) is 17.5. The molecule has 0 aliphatic heterocycles. The van der Waals surface area contributed by atoms with Crippen molar-refractivity contribution in [1.29, 1.82) is 0 Å². The minimum absolute atomic E-state index is 0.239. The molecule has 0 amide bonds. The molecule has 0 fully saturated rings. The summed E-state index contributed by atoms with van der Waals surface area (Å²) in [6.45, 7) is 8.86. The molecule has 0 radical (unpaired) electrons. The molecule has 0 aliphatic rings. The van der Waals surface area contributed by atoms with Crippen LogP contribution in [0.5, 0.6) is 11.5 Å². The van der Waals surface area contributed by atoms with Gasteiger partial charge in [-0.05, 0) is 89.1 Å². The van der Waals surface area contributed by atoms with E-state index in [9.17, 15) is 18.7 Å². The fourth-order valence-electron chi connectivity index (χ4n) is 3.68. The van der Waals surface area contributed by atoms with Gasteiger partial charge in [0.05, 0.1) is 52.0 Å². The highest BCUT2D eigenvalue weighted by molar-refractivity contribution is 7.54. The third-order valence-corrected chi connectivity index (χ3v) is 9.77. The smallest absolute Gasteiger partial charge is 0.330 e. The molecule has 12 heteroatoms. The van der Waals surface area contributed by atoms with E-state index in [0.29, 0.717) is 64.0 Å². The lowest BCUT2D eigenvalue weighted by Crippen LogP contribution is -2.14. The zero-order chi connectivity index (χ0) is 29.4. The van der Waals surface area contributed by atoms with Crippen LogP contribution in [0.1, 0.15) is 61.3 Å². The van der Waals surface area contributed by atoms with E-state index in [0.717, 1.165) is 0 Å². The lowest BCUT2D eigenvalue weighted by molar-refractivity contribution is 0.0817. The Balaban J connectivity index is 1.83. The van der Waals surface area contributed by atoms with Crippen molar-refractivity contribution in [2.24, 2.45) is 0 Å². The first-order chi connectivity index (χ1) is 19.2. The molecule has 0 unspecified atom stereocenters. The number of carbonyl (C=O) groups excluding carboxylic acids is 2. The molecule has 222 valence electrons. The van der Waals surface area contributed by atoms with Gasteiger partial charge in [0.25, 0.3) is 0 Å². The fraction of sp³-hybridized carbons (Fsp3) is 0.500. The molecule has 0 saturated carbocycles. The number of hydrogen-bond donors (Lipinski definition) is 0. The monoisotopic (exact) mass is 598 g/mol. The Morgan fingerprint density at radius 3 is 1.12 bits per heavy atom. The summed E-state index contributed by atoms with van der Waals surface area (Å²) in [4.78, 5) is 25.4. The van der Waals surface area contributed by atoms with Gasteiger partial charge in [-0.25, -0.2) is 0 Å². The Labute approximate surface area is 236 Å². The lowest BCUT2D eigenvalue weighted by Gasteiger charge is -2.16. The molecule has 0 heterocycles. The average Bonchev–Trinajstić information content (AvgIpc) is 2.94. The van der Waals surface area contributed by atoms with Crippen molar-refractivity contribution in [3.05, 3.63) is 59.7 Å². The standard InChI is InChI=1S/C28H40O10P2/c1-5-35-39(31,36-6-2)21-9-19-33-25-15-11-23(12-16-25)27(29)28(30)24-13-17-26(18-14-24)34-20-10-22-40(32,37-7-3)38-8-4/h11-18H,5-10,19-22H2,1-4H3. The van der Waals surface area contributed by atoms with Crippen LogP contribution in [0.15, 0.2) is 48.5 Å². The van der Waals surface area contributed by atoms with E-state index in [1.54, 1.807) is 52.0 Å². The Kier molecular flexibility index (Phi) is 14.8. The van der Waals surface area contributed by atoms with Crippen LogP contribution in [0.25, 0.3) is 0 Å². The second-order valence-corrected chi connectivity index (χ2v) is 12.8. The van der Waals surface area contributed by atoms with Gasteiger partial charge < -0.3 is 27.6 Å². The predicted molar refractivity (Wildman–Crippen MR) is 153 cm³/mol. The Hall–Kier alpha value is -2.32. The Morgan fingerprint density at radius 2 is 0.850 bits per heavy atom. The first-order valence-corrected chi connectivity index (χ1v) is 17.0. The van der Waals surface area contributed by atoms with Crippen LogP contribution in [0.2, 0.25) is 0 Å². The van der Waals surface area contributed by atoms with Gasteiger partial charge in [-0.3, -0.25) is 18.7 Å². The first-order valence-electron chi connectivity index (χ1n) is 13.5. The average molecular weight is 599 g/mol. The number of rotatable bonds is 21. The summed E-state index contributed by atoms with van der Waals surface area (Å²) in [5.74, 6) is -0.242. The van der Waals surface area contributed by atoms with E-state index in [1.807, 2.05) is 0 Å². The normalized spacial score (nSPS) is 11.8. The maximum Gasteiger partial charge on any atom is 0.330 e. The third kappa shape index (κ3) is 11.3. The quantitative estimate of drug-likeness (QED) is 0.0654. The molecule has 2 rings (SSSR count). The fourth-order valence-corrected chi connectivity index (χ4v) is 6.96. The van der Waals surface area contributed by atoms with Crippen LogP contribution >= 0.6 is 15.2 Å². The minimum Gasteiger partial charge on any atom is -0.494 e. The summed E-state index contributed by atoms with van der Waals surface area (Å²) in [5, 5.41) is 0. The molecule has 0 spiro atoms. The van der Waals surface area contributed by atoms with Gasteiger partial charge in [-0.1, -0.05) is 0 Å². The highest BCUT2D eigenvalue weighted by Gasteiger charge is 2.24. The second-order valence-electron chi connectivity index (χ2n) is 8.45. The summed E-state index contributed by atoms with van der Waals surface area (Å²) in [7, 11) is -6.23. The number of benzene rings is 2. The van der Waals surface area contributed by atoms with Crippen LogP contribution in [-0.2, 0) is 27.2 Å². The molecule has 10 nitrogen and oxygen atoms in total. The van der Waals surface area contributed by atoms with Crippen molar-refractivity contribution in [3.63, 3.8) is 0 Å². The van der Waals surface area contributed by atoms with Crippen LogP contribution in [0.4, 0.5) is 0 Å². The van der Waals surface area contributed by atoms with Crippen LogP contribution in [-0.4, -0.2) is 63.5 Å². The molecule has 0 aromatic heterocycles. The molecule has 2 aromatic carbocycles. The summed E-state index contributed by atoms with van der Waals surface area (Å²) >= 11 is 0. The van der Waals surface area contributed by atoms with Crippen molar-refractivity contribution in [1.82, 2.24) is 0 Å². The molecular weight excluding hydrogens is 558 g/mol. The molecule has 40 heavy (non-hydrogen) atoms. The molecule has 0 N–H and O–H groups in total. The number of carbonyl (C=O) groups is 2. The minimum atomic E-state index is -3.11. The van der Waals surface area contributed by atoms with E-state index in [-0.39, 0.29) is 23.5 Å². The molecular formula is C28H40O10P2. The van der Waals surface area contributed by atoms with Crippen LogP contribution < -0.4 is 9.47 Å². The van der Waals surface area contributed by atoms with E-state index in [2.05, 4.69) is 0 Å². The Bertz CT molecular complexity index is 1040. The summed E-state index contributed by atoms with van der Waals surface area (Å²) < 4.78 is 57.3. The summed E-state index contributed by atoms with van der Waals surface area (Å²) in [6, 6.07) is 12.6. The topological polar surface area (TPSA) is 124 Å². The van der Waals surface area contributed by atoms with Gasteiger partial charge in [-0.2, -0.15) is 0 Å². The molecule has 0 bridgehead atoms. The van der Waals surface area contributed by atoms with Gasteiger partial charge in [0.15, 0.2) is 0 Å². The van der Waals surface area contributed by atoms with E-state index in [1.165, 1.54) is 24.3 Å². The number of ketones is 2. The van der Waals surface area contributed by atoms with Gasteiger partial charge in [-0.15, -0.1) is 0 Å². The largest absolute Gasteiger partial charge is 0.494 e. The van der Waals surface area contributed by atoms with Gasteiger partial charge in [0.1, 0.15) is 11.5 Å². The molecule has 0 aliphatic carbocycles. The zero-order valence-electron chi connectivity index (χ0n) is 23.7. The summed E-state index contributed by atoms with van der Waals surface area (Å²) in [5.41, 5.74) is 0.478. The molecule has 0 atom stereocenters. The van der Waals surface area contributed by atoms with Crippen LogP contribution in [0.3, 0.4) is 0 Å². The zero-order valence-corrected chi connectivity index (χ0v) is 25.5. The molecule has 2 aromatic rings. The van der Waals surface area contributed by atoms with E-state index >= 15 is 0 Å². The van der Waals surface area contributed by atoms with Crippen molar-refractivity contribution < 1.29 is 46.3 Å². The Morgan fingerprint density at radius 1 is 0.550 bits per heavy atom. The predicted octanol–water partition coefficient (Wildman–Crippen LogP) is 6.82.